The summed E-state index contributed by atoms with van der Waals surface area (Å²) in [6.07, 6.45) is 4.31. The predicted octanol–water partition coefficient (Wildman–Crippen LogP) is 2.97. The van der Waals surface area contributed by atoms with Crippen molar-refractivity contribution in [1.82, 2.24) is 0 Å². The minimum absolute atomic E-state index is 0.309. The highest BCUT2D eigenvalue weighted by atomic mass is 16.5. The Kier molecular flexibility index (Phi) is 2.65. The van der Waals surface area contributed by atoms with Crippen LogP contribution in [0.3, 0.4) is 0 Å². The van der Waals surface area contributed by atoms with Crippen molar-refractivity contribution in [3.63, 3.8) is 0 Å². The Morgan fingerprint density at radius 3 is 2.54 bits per heavy atom. The summed E-state index contributed by atoms with van der Waals surface area (Å²) in [5, 5.41) is 0. The standard InChI is InChI=1S/C12H15O/c1-13-12(11-8-5-9-11)10-6-3-2-4-7-10/h3-4,6-7,11-12H,5,8-9H2,1H3. The van der Waals surface area contributed by atoms with E-state index in [1.165, 1.54) is 24.8 Å². The van der Waals surface area contributed by atoms with Gasteiger partial charge in [0.2, 0.25) is 0 Å². The molecule has 1 saturated carbocycles. The van der Waals surface area contributed by atoms with Gasteiger partial charge in [-0.1, -0.05) is 30.7 Å². The van der Waals surface area contributed by atoms with Gasteiger partial charge in [0.05, 0.1) is 6.10 Å². The molecule has 0 heterocycles. The summed E-state index contributed by atoms with van der Waals surface area (Å²) < 4.78 is 5.53. The average Bonchev–Trinajstić information content (AvgIpc) is 2.12. The Balaban J connectivity index is 2.12. The van der Waals surface area contributed by atoms with E-state index >= 15 is 0 Å². The summed E-state index contributed by atoms with van der Waals surface area (Å²) in [7, 11) is 1.81. The lowest BCUT2D eigenvalue weighted by molar-refractivity contribution is 0.0179. The lowest BCUT2D eigenvalue weighted by Crippen LogP contribution is -2.21. The Morgan fingerprint density at radius 1 is 1.38 bits per heavy atom. The maximum atomic E-state index is 5.53. The maximum Gasteiger partial charge on any atom is 0.0849 e. The first-order chi connectivity index (χ1) is 6.42. The minimum Gasteiger partial charge on any atom is -0.376 e. The molecule has 13 heavy (non-hydrogen) atoms. The number of benzene rings is 1. The van der Waals surface area contributed by atoms with Crippen molar-refractivity contribution in [3.05, 3.63) is 35.9 Å². The molecular formula is C12H15O. The molecule has 1 nitrogen and oxygen atoms in total. The highest BCUT2D eigenvalue weighted by Gasteiger charge is 2.27. The number of hydrogen-bond donors (Lipinski definition) is 0. The lowest BCUT2D eigenvalue weighted by Gasteiger charge is -2.32. The normalized spacial score (nSPS) is 19.5. The molecule has 1 aliphatic carbocycles. The van der Waals surface area contributed by atoms with E-state index in [4.69, 9.17) is 4.74 Å². The van der Waals surface area contributed by atoms with Gasteiger partial charge in [-0.05, 0) is 30.4 Å². The molecule has 1 unspecified atom stereocenters. The van der Waals surface area contributed by atoms with Crippen molar-refractivity contribution in [1.29, 1.82) is 0 Å². The third-order valence-corrected chi connectivity index (χ3v) is 2.90. The second-order valence-electron chi connectivity index (χ2n) is 3.68. The Morgan fingerprint density at radius 2 is 2.08 bits per heavy atom. The van der Waals surface area contributed by atoms with Crippen LogP contribution >= 0.6 is 0 Å². The average molecular weight is 175 g/mol. The van der Waals surface area contributed by atoms with E-state index < -0.39 is 0 Å². The van der Waals surface area contributed by atoms with Crippen molar-refractivity contribution in [2.75, 3.05) is 7.11 Å². The number of methoxy groups -OCH3 is 1. The van der Waals surface area contributed by atoms with Gasteiger partial charge in [0.25, 0.3) is 0 Å². The smallest absolute Gasteiger partial charge is 0.0849 e. The molecule has 1 aromatic rings. The van der Waals surface area contributed by atoms with E-state index in [-0.39, 0.29) is 0 Å². The van der Waals surface area contributed by atoms with Gasteiger partial charge in [-0.15, -0.1) is 0 Å². The SMILES string of the molecule is COC(c1cc[c]cc1)C1CCC1. The summed E-state index contributed by atoms with van der Waals surface area (Å²) >= 11 is 0. The second kappa shape index (κ2) is 3.93. The lowest BCUT2D eigenvalue weighted by atomic mass is 9.79. The molecule has 2 rings (SSSR count). The number of hydrogen-bond acceptors (Lipinski definition) is 1. The van der Waals surface area contributed by atoms with Crippen molar-refractivity contribution >= 4 is 0 Å². The predicted molar refractivity (Wildman–Crippen MR) is 52.4 cm³/mol. The van der Waals surface area contributed by atoms with E-state index in [1.54, 1.807) is 7.11 Å². The van der Waals surface area contributed by atoms with Crippen LogP contribution < -0.4 is 0 Å². The quantitative estimate of drug-likeness (QED) is 0.686. The summed E-state index contributed by atoms with van der Waals surface area (Å²) in [4.78, 5) is 0. The van der Waals surface area contributed by atoms with Crippen LogP contribution in [-0.4, -0.2) is 7.11 Å². The first-order valence-electron chi connectivity index (χ1n) is 4.90. The zero-order valence-electron chi connectivity index (χ0n) is 7.99. The molecule has 0 bridgehead atoms. The van der Waals surface area contributed by atoms with E-state index in [0.29, 0.717) is 6.10 Å². The molecule has 1 atom stereocenters. The molecule has 0 aliphatic heterocycles. The molecule has 0 amide bonds. The highest BCUT2D eigenvalue weighted by molar-refractivity contribution is 5.18. The summed E-state index contributed by atoms with van der Waals surface area (Å²) in [6.45, 7) is 0. The molecule has 1 radical (unpaired) electrons. The fraction of sp³-hybridized carbons (Fsp3) is 0.500. The largest absolute Gasteiger partial charge is 0.376 e. The molecular weight excluding hydrogens is 160 g/mol. The number of rotatable bonds is 3. The van der Waals surface area contributed by atoms with Gasteiger partial charge in [-0.3, -0.25) is 0 Å². The van der Waals surface area contributed by atoms with Gasteiger partial charge in [-0.2, -0.15) is 0 Å². The van der Waals surface area contributed by atoms with Crippen LogP contribution in [0.5, 0.6) is 0 Å². The van der Waals surface area contributed by atoms with E-state index in [2.05, 4.69) is 18.2 Å². The van der Waals surface area contributed by atoms with Gasteiger partial charge in [0.1, 0.15) is 0 Å². The number of ether oxygens (including phenoxy) is 1. The Labute approximate surface area is 79.7 Å². The topological polar surface area (TPSA) is 9.23 Å². The zero-order valence-corrected chi connectivity index (χ0v) is 7.99. The van der Waals surface area contributed by atoms with Gasteiger partial charge >= 0.3 is 0 Å². The molecule has 1 heteroatoms. The molecule has 69 valence electrons. The van der Waals surface area contributed by atoms with Gasteiger partial charge < -0.3 is 4.74 Å². The Hall–Kier alpha value is -0.820. The van der Waals surface area contributed by atoms with Crippen molar-refractivity contribution < 1.29 is 4.74 Å². The van der Waals surface area contributed by atoms with Crippen molar-refractivity contribution in [3.8, 4) is 0 Å². The summed E-state index contributed by atoms with van der Waals surface area (Å²) in [5.41, 5.74) is 1.30. The summed E-state index contributed by atoms with van der Waals surface area (Å²) in [5.74, 6) is 0.743. The van der Waals surface area contributed by atoms with Crippen LogP contribution in [0.4, 0.5) is 0 Å². The Bertz CT molecular complexity index is 251. The van der Waals surface area contributed by atoms with Crippen LogP contribution in [0.25, 0.3) is 0 Å². The van der Waals surface area contributed by atoms with Crippen LogP contribution in [-0.2, 0) is 4.74 Å². The monoisotopic (exact) mass is 175 g/mol. The van der Waals surface area contributed by atoms with E-state index in [9.17, 15) is 0 Å². The molecule has 1 aliphatic rings. The fourth-order valence-electron chi connectivity index (χ4n) is 1.93. The molecule has 0 N–H and O–H groups in total. The zero-order chi connectivity index (χ0) is 9.10. The fourth-order valence-corrected chi connectivity index (χ4v) is 1.93. The van der Waals surface area contributed by atoms with Crippen LogP contribution in [0.1, 0.15) is 30.9 Å². The molecule has 1 aromatic carbocycles. The molecule has 1 fully saturated rings. The van der Waals surface area contributed by atoms with Gasteiger partial charge in [-0.25, -0.2) is 0 Å². The highest BCUT2D eigenvalue weighted by Crippen LogP contribution is 2.39. The van der Waals surface area contributed by atoms with Crippen molar-refractivity contribution in [2.45, 2.75) is 25.4 Å². The summed E-state index contributed by atoms with van der Waals surface area (Å²) in [6, 6.07) is 11.2. The van der Waals surface area contributed by atoms with Crippen LogP contribution in [0, 0.1) is 12.0 Å². The third-order valence-electron chi connectivity index (χ3n) is 2.90. The van der Waals surface area contributed by atoms with E-state index in [1.807, 2.05) is 12.1 Å². The van der Waals surface area contributed by atoms with Crippen molar-refractivity contribution in [2.24, 2.45) is 5.92 Å². The first kappa shape index (κ1) is 8.76. The van der Waals surface area contributed by atoms with Crippen LogP contribution in [0.2, 0.25) is 0 Å². The minimum atomic E-state index is 0.309. The van der Waals surface area contributed by atoms with Gasteiger partial charge in [0, 0.05) is 7.11 Å². The van der Waals surface area contributed by atoms with E-state index in [0.717, 1.165) is 5.92 Å². The molecule has 0 spiro atoms. The second-order valence-corrected chi connectivity index (χ2v) is 3.68. The van der Waals surface area contributed by atoms with Crippen LogP contribution in [0.15, 0.2) is 24.3 Å². The molecule has 0 saturated heterocycles. The molecule has 0 aromatic heterocycles. The third kappa shape index (κ3) is 1.75. The maximum absolute atomic E-state index is 5.53. The van der Waals surface area contributed by atoms with Gasteiger partial charge in [0.15, 0.2) is 0 Å². The first-order valence-corrected chi connectivity index (χ1v) is 4.90.